The molecule has 6 heteroatoms. The Labute approximate surface area is 146 Å². The van der Waals surface area contributed by atoms with Gasteiger partial charge in [0.15, 0.2) is 6.10 Å². The number of rotatable bonds is 6. The lowest BCUT2D eigenvalue weighted by molar-refractivity contribution is -0.153. The van der Waals surface area contributed by atoms with Gasteiger partial charge in [0, 0.05) is 12.5 Å². The predicted octanol–water partition coefficient (Wildman–Crippen LogP) is 2.60. The van der Waals surface area contributed by atoms with Crippen molar-refractivity contribution < 1.29 is 23.8 Å². The maximum atomic E-state index is 12.2. The molecule has 1 aliphatic carbocycles. The Morgan fingerprint density at radius 3 is 3.08 bits per heavy atom. The van der Waals surface area contributed by atoms with Crippen LogP contribution < -0.4 is 10.4 Å². The second kappa shape index (κ2) is 7.87. The number of hydrogen-bond donors (Lipinski definition) is 1. The molecular formula is C19H24O6. The molecule has 1 saturated carbocycles. The predicted molar refractivity (Wildman–Crippen MR) is 91.4 cm³/mol. The first-order chi connectivity index (χ1) is 12.1. The van der Waals surface area contributed by atoms with Gasteiger partial charge in [0.25, 0.3) is 0 Å². The molecule has 1 fully saturated rings. The van der Waals surface area contributed by atoms with E-state index in [1.807, 2.05) is 13.0 Å². The van der Waals surface area contributed by atoms with Gasteiger partial charge in [-0.1, -0.05) is 13.3 Å². The molecule has 6 nitrogen and oxygen atoms in total. The summed E-state index contributed by atoms with van der Waals surface area (Å²) in [5, 5.41) is 9.96. The molecule has 2 heterocycles. The second-order valence-corrected chi connectivity index (χ2v) is 6.59. The lowest BCUT2D eigenvalue weighted by Gasteiger charge is -2.30. The third-order valence-electron chi connectivity index (χ3n) is 4.60. The number of fused-ring (bicyclic) bond motifs is 2. The van der Waals surface area contributed by atoms with Crippen LogP contribution in [-0.2, 0) is 16.0 Å². The highest BCUT2D eigenvalue weighted by Crippen LogP contribution is 2.35. The lowest BCUT2D eigenvalue weighted by atomic mass is 9.89. The standard InChI is InChI=1S/C19H24O6/c1-2-3-8-23-19(22)15(20)10-13-11-17-14(18(21)24-13)9-12-6-4-5-7-16(12)25-17/h9,11,15-16,20H,2-8,10H2,1H3/t15?,16-/m0/s1. The monoisotopic (exact) mass is 348 g/mol. The van der Waals surface area contributed by atoms with Crippen LogP contribution in [0.5, 0.6) is 5.75 Å². The third-order valence-corrected chi connectivity index (χ3v) is 4.60. The van der Waals surface area contributed by atoms with Gasteiger partial charge in [0.2, 0.25) is 0 Å². The fourth-order valence-electron chi connectivity index (χ4n) is 3.19. The van der Waals surface area contributed by atoms with Crippen LogP contribution in [0.25, 0.3) is 6.08 Å². The molecule has 136 valence electrons. The van der Waals surface area contributed by atoms with E-state index in [-0.39, 0.29) is 24.9 Å². The molecule has 2 atom stereocenters. The van der Waals surface area contributed by atoms with Crippen LogP contribution in [0.4, 0.5) is 0 Å². The van der Waals surface area contributed by atoms with Crippen LogP contribution in [-0.4, -0.2) is 29.9 Å². The zero-order valence-electron chi connectivity index (χ0n) is 14.5. The van der Waals surface area contributed by atoms with Crippen LogP contribution >= 0.6 is 0 Å². The van der Waals surface area contributed by atoms with Crippen molar-refractivity contribution in [3.63, 3.8) is 0 Å². The first-order valence-electron chi connectivity index (χ1n) is 8.97. The lowest BCUT2D eigenvalue weighted by Crippen LogP contribution is -2.29. The molecule has 0 radical (unpaired) electrons. The van der Waals surface area contributed by atoms with Gasteiger partial charge in [0.1, 0.15) is 23.2 Å². The van der Waals surface area contributed by atoms with E-state index in [2.05, 4.69) is 0 Å². The van der Waals surface area contributed by atoms with Crippen LogP contribution in [0.2, 0.25) is 0 Å². The molecule has 1 aromatic rings. The second-order valence-electron chi connectivity index (χ2n) is 6.59. The van der Waals surface area contributed by atoms with Crippen molar-refractivity contribution in [3.05, 3.63) is 33.4 Å². The van der Waals surface area contributed by atoms with Crippen molar-refractivity contribution in [3.8, 4) is 5.75 Å². The van der Waals surface area contributed by atoms with Gasteiger partial charge >= 0.3 is 11.6 Å². The highest BCUT2D eigenvalue weighted by molar-refractivity contribution is 5.74. The summed E-state index contributed by atoms with van der Waals surface area (Å²) in [7, 11) is 0. The molecule has 1 aromatic heterocycles. The van der Waals surface area contributed by atoms with Crippen molar-refractivity contribution in [2.24, 2.45) is 0 Å². The van der Waals surface area contributed by atoms with Crippen molar-refractivity contribution in [1.82, 2.24) is 0 Å². The smallest absolute Gasteiger partial charge is 0.347 e. The Hall–Kier alpha value is -2.08. The van der Waals surface area contributed by atoms with Crippen LogP contribution in [0, 0.1) is 0 Å². The summed E-state index contributed by atoms with van der Waals surface area (Å²) >= 11 is 0. The number of aliphatic hydroxyl groups is 1. The highest BCUT2D eigenvalue weighted by Gasteiger charge is 2.28. The SMILES string of the molecule is CCCCOC(=O)C(O)Cc1cc2c(c(=O)o1)C=C1CCCC[C@@H]1O2. The zero-order valence-corrected chi connectivity index (χ0v) is 14.5. The third kappa shape index (κ3) is 4.12. The number of aliphatic hydroxyl groups excluding tert-OH is 1. The largest absolute Gasteiger partial charge is 0.485 e. The van der Waals surface area contributed by atoms with Gasteiger partial charge in [0.05, 0.1) is 6.61 Å². The Bertz CT molecular complexity index is 717. The van der Waals surface area contributed by atoms with E-state index in [0.717, 1.165) is 44.1 Å². The number of carbonyl (C=O) groups excluding carboxylic acids is 1. The van der Waals surface area contributed by atoms with Crippen molar-refractivity contribution >= 4 is 12.0 Å². The minimum atomic E-state index is -1.36. The number of unbranched alkanes of at least 4 members (excludes halogenated alkanes) is 1. The Morgan fingerprint density at radius 1 is 1.44 bits per heavy atom. The van der Waals surface area contributed by atoms with E-state index in [4.69, 9.17) is 13.9 Å². The molecule has 0 spiro atoms. The average Bonchev–Trinajstić information content (AvgIpc) is 2.60. The normalized spacial score (nSPS) is 19.9. The summed E-state index contributed by atoms with van der Waals surface area (Å²) in [6.07, 6.45) is 6.15. The van der Waals surface area contributed by atoms with E-state index >= 15 is 0 Å². The van der Waals surface area contributed by atoms with Crippen LogP contribution in [0.15, 0.2) is 20.9 Å². The quantitative estimate of drug-likeness (QED) is 0.628. The van der Waals surface area contributed by atoms with E-state index in [9.17, 15) is 14.7 Å². The van der Waals surface area contributed by atoms with Gasteiger partial charge in [-0.15, -0.1) is 0 Å². The van der Waals surface area contributed by atoms with E-state index < -0.39 is 17.7 Å². The summed E-state index contributed by atoms with van der Waals surface area (Å²) < 4.78 is 16.2. The van der Waals surface area contributed by atoms with E-state index in [1.54, 1.807) is 6.07 Å². The van der Waals surface area contributed by atoms with Gasteiger partial charge in [-0.2, -0.15) is 0 Å². The first kappa shape index (κ1) is 17.7. The van der Waals surface area contributed by atoms with Gasteiger partial charge in [-0.25, -0.2) is 9.59 Å². The van der Waals surface area contributed by atoms with Crippen molar-refractivity contribution in [2.45, 2.75) is 64.1 Å². The molecule has 1 N–H and O–H groups in total. The summed E-state index contributed by atoms with van der Waals surface area (Å²) in [5.74, 6) is -0.0194. The molecule has 25 heavy (non-hydrogen) atoms. The zero-order chi connectivity index (χ0) is 17.8. The van der Waals surface area contributed by atoms with Gasteiger partial charge in [-0.3, -0.25) is 0 Å². The van der Waals surface area contributed by atoms with Gasteiger partial charge < -0.3 is 19.0 Å². The number of carbonyl (C=O) groups is 1. The van der Waals surface area contributed by atoms with E-state index in [0.29, 0.717) is 11.3 Å². The summed E-state index contributed by atoms with van der Waals surface area (Å²) in [6.45, 7) is 2.26. The Morgan fingerprint density at radius 2 is 2.28 bits per heavy atom. The fraction of sp³-hybridized carbons (Fsp3) is 0.579. The summed E-state index contributed by atoms with van der Waals surface area (Å²) in [4.78, 5) is 24.0. The highest BCUT2D eigenvalue weighted by atomic mass is 16.5. The van der Waals surface area contributed by atoms with Crippen molar-refractivity contribution in [1.29, 1.82) is 0 Å². The number of ether oxygens (including phenoxy) is 2. The van der Waals surface area contributed by atoms with Crippen LogP contribution in [0.3, 0.4) is 0 Å². The maximum absolute atomic E-state index is 12.2. The van der Waals surface area contributed by atoms with Gasteiger partial charge in [-0.05, 0) is 43.8 Å². The topological polar surface area (TPSA) is 86.0 Å². The summed E-state index contributed by atoms with van der Waals surface area (Å²) in [6, 6.07) is 1.60. The number of hydrogen-bond acceptors (Lipinski definition) is 6. The minimum Gasteiger partial charge on any atom is -0.485 e. The molecular weight excluding hydrogens is 324 g/mol. The molecule has 1 aliphatic heterocycles. The first-order valence-corrected chi connectivity index (χ1v) is 8.97. The fourth-order valence-corrected chi connectivity index (χ4v) is 3.19. The molecule has 0 aromatic carbocycles. The van der Waals surface area contributed by atoms with Crippen molar-refractivity contribution in [2.75, 3.05) is 6.61 Å². The molecule has 0 bridgehead atoms. The Kier molecular flexibility index (Phi) is 5.58. The summed E-state index contributed by atoms with van der Waals surface area (Å²) in [5.41, 5.74) is 1.05. The average molecular weight is 348 g/mol. The molecule has 1 unspecified atom stereocenters. The van der Waals surface area contributed by atoms with Crippen LogP contribution in [0.1, 0.15) is 56.8 Å². The van der Waals surface area contributed by atoms with E-state index in [1.165, 1.54) is 0 Å². The molecule has 3 rings (SSSR count). The molecule has 0 amide bonds. The minimum absolute atomic E-state index is 0.0137. The molecule has 0 saturated heterocycles. The number of esters is 1. The maximum Gasteiger partial charge on any atom is 0.347 e. The molecule has 2 aliphatic rings. The Balaban J connectivity index is 1.72.